The second-order valence-electron chi connectivity index (χ2n) is 5.42. The van der Waals surface area contributed by atoms with E-state index < -0.39 is 0 Å². The molecule has 3 N–H and O–H groups in total. The van der Waals surface area contributed by atoms with E-state index in [1.807, 2.05) is 6.92 Å². The summed E-state index contributed by atoms with van der Waals surface area (Å²) in [5, 5.41) is 3.15. The van der Waals surface area contributed by atoms with Crippen molar-refractivity contribution < 1.29 is 4.74 Å². The summed E-state index contributed by atoms with van der Waals surface area (Å²) in [5.74, 6) is 1.18. The van der Waals surface area contributed by atoms with E-state index >= 15 is 0 Å². The molecule has 0 amide bonds. The molecule has 0 aromatic rings. The van der Waals surface area contributed by atoms with Crippen molar-refractivity contribution in [3.8, 4) is 0 Å². The number of hydrogen-bond acceptors (Lipinski definition) is 2. The van der Waals surface area contributed by atoms with Gasteiger partial charge in [0.05, 0.1) is 0 Å². The van der Waals surface area contributed by atoms with Crippen molar-refractivity contribution in [3.05, 3.63) is 0 Å². The van der Waals surface area contributed by atoms with Crippen molar-refractivity contribution in [1.29, 1.82) is 0 Å². The first-order valence-corrected chi connectivity index (χ1v) is 6.69. The van der Waals surface area contributed by atoms with Gasteiger partial charge in [-0.1, -0.05) is 13.8 Å². The fourth-order valence-corrected chi connectivity index (χ4v) is 1.71. The number of hydrogen-bond donors (Lipinski definition) is 2. The van der Waals surface area contributed by atoms with E-state index in [1.165, 1.54) is 12.8 Å². The first-order chi connectivity index (χ1) is 8.08. The zero-order valence-corrected chi connectivity index (χ0v) is 11.5. The van der Waals surface area contributed by atoms with E-state index in [2.05, 4.69) is 24.2 Å². The maximum absolute atomic E-state index is 5.82. The summed E-state index contributed by atoms with van der Waals surface area (Å²) in [6.07, 6.45) is 3.64. The lowest BCUT2D eigenvalue weighted by Crippen LogP contribution is -2.35. The zero-order chi connectivity index (χ0) is 12.7. The van der Waals surface area contributed by atoms with Gasteiger partial charge in [0.25, 0.3) is 0 Å². The largest absolute Gasteiger partial charge is 0.382 e. The average Bonchev–Trinajstić information content (AvgIpc) is 3.05. The minimum absolute atomic E-state index is 0.388. The number of guanidine groups is 1. The maximum atomic E-state index is 5.82. The number of nitrogens with zero attached hydrogens (tertiary/aromatic N) is 1. The van der Waals surface area contributed by atoms with Crippen LogP contribution in [0.2, 0.25) is 0 Å². The topological polar surface area (TPSA) is 59.6 Å². The van der Waals surface area contributed by atoms with Gasteiger partial charge in [-0.25, -0.2) is 0 Å². The molecule has 0 bridgehead atoms. The van der Waals surface area contributed by atoms with Crippen molar-refractivity contribution in [2.45, 2.75) is 40.0 Å². The molecule has 4 nitrogen and oxygen atoms in total. The number of ether oxygens (including phenoxy) is 1. The highest BCUT2D eigenvalue weighted by atomic mass is 16.5. The molecule has 0 unspecified atom stereocenters. The summed E-state index contributed by atoms with van der Waals surface area (Å²) >= 11 is 0. The van der Waals surface area contributed by atoms with Crippen LogP contribution < -0.4 is 11.1 Å². The number of nitrogens with one attached hydrogen (secondary N) is 1. The fourth-order valence-electron chi connectivity index (χ4n) is 1.71. The van der Waals surface area contributed by atoms with Gasteiger partial charge >= 0.3 is 0 Å². The normalized spacial score (nSPS) is 18.5. The van der Waals surface area contributed by atoms with Crippen molar-refractivity contribution >= 4 is 5.96 Å². The number of rotatable bonds is 8. The molecule has 1 rings (SSSR count). The van der Waals surface area contributed by atoms with E-state index in [0.29, 0.717) is 17.3 Å². The van der Waals surface area contributed by atoms with Crippen LogP contribution in [0, 0.1) is 11.3 Å². The Morgan fingerprint density at radius 3 is 2.71 bits per heavy atom. The van der Waals surface area contributed by atoms with Crippen LogP contribution in [-0.2, 0) is 4.74 Å². The molecular weight excluding hydrogens is 214 g/mol. The highest BCUT2D eigenvalue weighted by molar-refractivity contribution is 5.77. The molecule has 1 fully saturated rings. The molecule has 0 atom stereocenters. The molecule has 17 heavy (non-hydrogen) atoms. The summed E-state index contributed by atoms with van der Waals surface area (Å²) in [5.41, 5.74) is 6.21. The summed E-state index contributed by atoms with van der Waals surface area (Å²) in [6, 6.07) is 0. The maximum Gasteiger partial charge on any atom is 0.188 e. The highest BCUT2D eigenvalue weighted by Crippen LogP contribution is 2.48. The van der Waals surface area contributed by atoms with Crippen LogP contribution in [0.1, 0.15) is 40.0 Å². The minimum atomic E-state index is 0.388. The fraction of sp³-hybridized carbons (Fsp3) is 0.923. The van der Waals surface area contributed by atoms with Crippen molar-refractivity contribution in [3.63, 3.8) is 0 Å². The molecule has 0 aromatic carbocycles. The molecular formula is C13H27N3O. The second-order valence-corrected chi connectivity index (χ2v) is 5.42. The molecule has 0 aliphatic heterocycles. The van der Waals surface area contributed by atoms with Gasteiger partial charge in [-0.3, -0.25) is 4.99 Å². The second kappa shape index (κ2) is 6.84. The summed E-state index contributed by atoms with van der Waals surface area (Å²) in [6.45, 7) is 9.74. The molecule has 0 heterocycles. The van der Waals surface area contributed by atoms with E-state index in [4.69, 9.17) is 10.5 Å². The van der Waals surface area contributed by atoms with Gasteiger partial charge in [0.1, 0.15) is 0 Å². The molecule has 0 radical (unpaired) electrons. The highest BCUT2D eigenvalue weighted by Gasteiger charge is 2.41. The molecule has 4 heteroatoms. The smallest absolute Gasteiger partial charge is 0.188 e. The van der Waals surface area contributed by atoms with Crippen LogP contribution in [0.3, 0.4) is 0 Å². The third kappa shape index (κ3) is 5.91. The van der Waals surface area contributed by atoms with Gasteiger partial charge in [0, 0.05) is 26.3 Å². The SMILES string of the molecule is CCOCCC1(CN=C(N)NCC(C)C)CC1. The Morgan fingerprint density at radius 1 is 1.47 bits per heavy atom. The predicted molar refractivity (Wildman–Crippen MR) is 72.1 cm³/mol. The van der Waals surface area contributed by atoms with Crippen LogP contribution in [0.5, 0.6) is 0 Å². The summed E-state index contributed by atoms with van der Waals surface area (Å²) in [4.78, 5) is 4.44. The zero-order valence-electron chi connectivity index (χ0n) is 11.5. The lowest BCUT2D eigenvalue weighted by molar-refractivity contribution is 0.129. The minimum Gasteiger partial charge on any atom is -0.382 e. The van der Waals surface area contributed by atoms with Gasteiger partial charge in [-0.05, 0) is 37.5 Å². The van der Waals surface area contributed by atoms with Crippen LogP contribution in [0.4, 0.5) is 0 Å². The van der Waals surface area contributed by atoms with Crippen LogP contribution >= 0.6 is 0 Å². The molecule has 1 saturated carbocycles. The summed E-state index contributed by atoms with van der Waals surface area (Å²) in [7, 11) is 0. The van der Waals surface area contributed by atoms with E-state index in [0.717, 1.165) is 32.7 Å². The van der Waals surface area contributed by atoms with Gasteiger partial charge in [-0.15, -0.1) is 0 Å². The van der Waals surface area contributed by atoms with E-state index in [1.54, 1.807) is 0 Å². The van der Waals surface area contributed by atoms with Crippen LogP contribution in [0.25, 0.3) is 0 Å². The monoisotopic (exact) mass is 241 g/mol. The van der Waals surface area contributed by atoms with Gasteiger partial charge < -0.3 is 15.8 Å². The van der Waals surface area contributed by atoms with Gasteiger partial charge in [0.15, 0.2) is 5.96 Å². The lowest BCUT2D eigenvalue weighted by Gasteiger charge is -2.13. The van der Waals surface area contributed by atoms with E-state index in [9.17, 15) is 0 Å². The molecule has 1 aliphatic carbocycles. The predicted octanol–water partition coefficient (Wildman–Crippen LogP) is 1.75. The van der Waals surface area contributed by atoms with E-state index in [-0.39, 0.29) is 0 Å². The number of nitrogens with two attached hydrogens (primary N) is 1. The Morgan fingerprint density at radius 2 is 2.18 bits per heavy atom. The standard InChI is InChI=1S/C13H27N3O/c1-4-17-8-7-13(5-6-13)10-16-12(14)15-9-11(2)3/h11H,4-10H2,1-3H3,(H3,14,15,16). The third-order valence-corrected chi connectivity index (χ3v) is 3.21. The van der Waals surface area contributed by atoms with Gasteiger partial charge in [-0.2, -0.15) is 0 Å². The summed E-state index contributed by atoms with van der Waals surface area (Å²) < 4.78 is 5.40. The Bertz CT molecular complexity index is 247. The Kier molecular flexibility index (Phi) is 5.75. The van der Waals surface area contributed by atoms with Crippen molar-refractivity contribution in [2.75, 3.05) is 26.3 Å². The van der Waals surface area contributed by atoms with Gasteiger partial charge in [0.2, 0.25) is 0 Å². The molecule has 0 saturated heterocycles. The average molecular weight is 241 g/mol. The molecule has 0 aromatic heterocycles. The Hall–Kier alpha value is -0.770. The molecule has 0 spiro atoms. The first-order valence-electron chi connectivity index (χ1n) is 6.69. The Labute approximate surface area is 105 Å². The first kappa shape index (κ1) is 14.3. The van der Waals surface area contributed by atoms with Crippen LogP contribution in [0.15, 0.2) is 4.99 Å². The third-order valence-electron chi connectivity index (χ3n) is 3.21. The lowest BCUT2D eigenvalue weighted by atomic mass is 10.0. The Balaban J connectivity index is 2.21. The van der Waals surface area contributed by atoms with Crippen molar-refractivity contribution in [1.82, 2.24) is 5.32 Å². The molecule has 1 aliphatic rings. The quantitative estimate of drug-likeness (QED) is 0.387. The van der Waals surface area contributed by atoms with Crippen molar-refractivity contribution in [2.24, 2.45) is 22.1 Å². The molecule has 100 valence electrons. The van der Waals surface area contributed by atoms with Crippen LogP contribution in [-0.4, -0.2) is 32.3 Å². The number of aliphatic imine (C=N–C) groups is 1.